The van der Waals surface area contributed by atoms with E-state index in [1.165, 1.54) is 0 Å². The fraction of sp³-hybridized carbons (Fsp3) is 0.533. The monoisotopic (exact) mass is 278 g/mol. The van der Waals surface area contributed by atoms with Crippen molar-refractivity contribution < 1.29 is 14.3 Å². The number of nitrogens with two attached hydrogens (primary N) is 1. The molecule has 2 unspecified atom stereocenters. The third kappa shape index (κ3) is 2.72. The highest BCUT2D eigenvalue weighted by atomic mass is 16.5. The summed E-state index contributed by atoms with van der Waals surface area (Å²) in [6.07, 6.45) is 0.953. The van der Waals surface area contributed by atoms with Gasteiger partial charge >= 0.3 is 0 Å². The number of hydrogen-bond acceptors (Lipinski definition) is 4. The van der Waals surface area contributed by atoms with Crippen LogP contribution >= 0.6 is 0 Å². The van der Waals surface area contributed by atoms with E-state index in [1.807, 2.05) is 4.90 Å². The molecule has 2 rings (SSSR count). The molecule has 1 aliphatic heterocycles. The molecular weight excluding hydrogens is 256 g/mol. The van der Waals surface area contributed by atoms with Crippen molar-refractivity contribution in [3.05, 3.63) is 23.8 Å². The van der Waals surface area contributed by atoms with Crippen LogP contribution in [-0.2, 0) is 0 Å². The first-order valence-corrected chi connectivity index (χ1v) is 6.83. The number of benzene rings is 1. The minimum atomic E-state index is -0.0239. The van der Waals surface area contributed by atoms with Crippen LogP contribution < -0.4 is 15.2 Å². The van der Waals surface area contributed by atoms with Crippen LogP contribution in [0.4, 0.5) is 0 Å². The first-order valence-electron chi connectivity index (χ1n) is 6.83. The summed E-state index contributed by atoms with van der Waals surface area (Å²) in [6, 6.07) is 5.47. The van der Waals surface area contributed by atoms with E-state index < -0.39 is 0 Å². The van der Waals surface area contributed by atoms with Crippen LogP contribution in [0.25, 0.3) is 0 Å². The SMILES string of the molecule is COc1ccc(OC)c(C(=O)N2CC(CN)CC2C)c1. The molecule has 2 N–H and O–H groups in total. The van der Waals surface area contributed by atoms with Gasteiger partial charge in [-0.25, -0.2) is 0 Å². The van der Waals surface area contributed by atoms with E-state index in [1.54, 1.807) is 32.4 Å². The second-order valence-corrected chi connectivity index (χ2v) is 5.21. The third-order valence-corrected chi connectivity index (χ3v) is 3.89. The molecule has 1 saturated heterocycles. The standard InChI is InChI=1S/C15H22N2O3/c1-10-6-11(8-16)9-17(10)15(18)13-7-12(19-2)4-5-14(13)20-3/h4-5,7,10-11H,6,8-9,16H2,1-3H3. The van der Waals surface area contributed by atoms with Gasteiger partial charge in [-0.15, -0.1) is 0 Å². The number of carbonyl (C=O) groups is 1. The molecular formula is C15H22N2O3. The van der Waals surface area contributed by atoms with Gasteiger partial charge in [0.1, 0.15) is 11.5 Å². The van der Waals surface area contributed by atoms with E-state index in [4.69, 9.17) is 15.2 Å². The van der Waals surface area contributed by atoms with Crippen molar-refractivity contribution in [1.82, 2.24) is 4.90 Å². The predicted molar refractivity (Wildman–Crippen MR) is 77.2 cm³/mol. The zero-order valence-corrected chi connectivity index (χ0v) is 12.3. The average Bonchev–Trinajstić information content (AvgIpc) is 2.86. The Morgan fingerprint density at radius 1 is 1.40 bits per heavy atom. The number of ether oxygens (including phenoxy) is 2. The molecule has 110 valence electrons. The molecule has 0 bridgehead atoms. The molecule has 1 aliphatic rings. The molecule has 0 aliphatic carbocycles. The van der Waals surface area contributed by atoms with Crippen LogP contribution in [0.1, 0.15) is 23.7 Å². The normalized spacial score (nSPS) is 21.9. The quantitative estimate of drug-likeness (QED) is 0.906. The van der Waals surface area contributed by atoms with Crippen LogP contribution in [-0.4, -0.2) is 44.2 Å². The number of likely N-dealkylation sites (tertiary alicyclic amines) is 1. The lowest BCUT2D eigenvalue weighted by Crippen LogP contribution is -2.34. The van der Waals surface area contributed by atoms with E-state index in [9.17, 15) is 4.79 Å². The van der Waals surface area contributed by atoms with Gasteiger partial charge in [0.2, 0.25) is 0 Å². The maximum atomic E-state index is 12.7. The molecule has 1 heterocycles. The Hall–Kier alpha value is -1.75. The second kappa shape index (κ2) is 6.13. The van der Waals surface area contributed by atoms with Crippen molar-refractivity contribution in [2.75, 3.05) is 27.3 Å². The zero-order valence-electron chi connectivity index (χ0n) is 12.3. The lowest BCUT2D eigenvalue weighted by Gasteiger charge is -2.23. The van der Waals surface area contributed by atoms with E-state index in [2.05, 4.69) is 6.92 Å². The predicted octanol–water partition coefficient (Wildman–Crippen LogP) is 1.51. The van der Waals surface area contributed by atoms with Crippen molar-refractivity contribution in [3.8, 4) is 11.5 Å². The maximum absolute atomic E-state index is 12.7. The van der Waals surface area contributed by atoms with Crippen molar-refractivity contribution >= 4 is 5.91 Å². The lowest BCUT2D eigenvalue weighted by molar-refractivity contribution is 0.0739. The maximum Gasteiger partial charge on any atom is 0.258 e. The van der Waals surface area contributed by atoms with Crippen LogP contribution in [0.15, 0.2) is 18.2 Å². The fourth-order valence-electron chi connectivity index (χ4n) is 2.73. The van der Waals surface area contributed by atoms with Gasteiger partial charge in [-0.3, -0.25) is 4.79 Å². The van der Waals surface area contributed by atoms with Gasteiger partial charge in [-0.05, 0) is 44.0 Å². The van der Waals surface area contributed by atoms with E-state index >= 15 is 0 Å². The summed E-state index contributed by atoms with van der Waals surface area (Å²) in [4.78, 5) is 14.6. The Labute approximate surface area is 119 Å². The summed E-state index contributed by atoms with van der Waals surface area (Å²) < 4.78 is 10.5. The first-order chi connectivity index (χ1) is 9.60. The number of amides is 1. The Balaban J connectivity index is 2.28. The highest BCUT2D eigenvalue weighted by molar-refractivity contribution is 5.97. The number of hydrogen-bond donors (Lipinski definition) is 1. The zero-order chi connectivity index (χ0) is 14.7. The summed E-state index contributed by atoms with van der Waals surface area (Å²) in [6.45, 7) is 3.38. The number of rotatable bonds is 4. The largest absolute Gasteiger partial charge is 0.497 e. The third-order valence-electron chi connectivity index (χ3n) is 3.89. The van der Waals surface area contributed by atoms with Crippen LogP contribution in [0.2, 0.25) is 0 Å². The van der Waals surface area contributed by atoms with Gasteiger partial charge in [0.15, 0.2) is 0 Å². The van der Waals surface area contributed by atoms with E-state index in [-0.39, 0.29) is 11.9 Å². The summed E-state index contributed by atoms with van der Waals surface area (Å²) >= 11 is 0. The Morgan fingerprint density at radius 2 is 2.15 bits per heavy atom. The van der Waals surface area contributed by atoms with Gasteiger partial charge in [-0.1, -0.05) is 0 Å². The molecule has 20 heavy (non-hydrogen) atoms. The Kier molecular flexibility index (Phi) is 4.49. The molecule has 1 amide bonds. The number of methoxy groups -OCH3 is 2. The Morgan fingerprint density at radius 3 is 2.70 bits per heavy atom. The topological polar surface area (TPSA) is 64.8 Å². The average molecular weight is 278 g/mol. The van der Waals surface area contributed by atoms with E-state index in [0.29, 0.717) is 36.1 Å². The van der Waals surface area contributed by atoms with Crippen molar-refractivity contribution in [3.63, 3.8) is 0 Å². The van der Waals surface area contributed by atoms with Gasteiger partial charge in [0, 0.05) is 12.6 Å². The number of nitrogens with zero attached hydrogens (tertiary/aromatic N) is 1. The minimum absolute atomic E-state index is 0.0239. The van der Waals surface area contributed by atoms with Crippen LogP contribution in [0.5, 0.6) is 11.5 Å². The van der Waals surface area contributed by atoms with E-state index in [0.717, 1.165) is 6.42 Å². The van der Waals surface area contributed by atoms with Crippen LogP contribution in [0, 0.1) is 5.92 Å². The fourth-order valence-corrected chi connectivity index (χ4v) is 2.73. The molecule has 0 aromatic heterocycles. The highest BCUT2D eigenvalue weighted by Crippen LogP contribution is 2.29. The second-order valence-electron chi connectivity index (χ2n) is 5.21. The van der Waals surface area contributed by atoms with Crippen molar-refractivity contribution in [2.45, 2.75) is 19.4 Å². The summed E-state index contributed by atoms with van der Waals surface area (Å²) in [5.74, 6) is 1.57. The molecule has 0 radical (unpaired) electrons. The van der Waals surface area contributed by atoms with Gasteiger partial charge in [-0.2, -0.15) is 0 Å². The lowest BCUT2D eigenvalue weighted by atomic mass is 10.1. The molecule has 0 spiro atoms. The summed E-state index contributed by atoms with van der Waals surface area (Å²) in [5.41, 5.74) is 6.25. The van der Waals surface area contributed by atoms with Gasteiger partial charge in [0.05, 0.1) is 19.8 Å². The molecule has 5 heteroatoms. The first kappa shape index (κ1) is 14.7. The smallest absolute Gasteiger partial charge is 0.258 e. The molecule has 5 nitrogen and oxygen atoms in total. The summed E-state index contributed by atoms with van der Waals surface area (Å²) in [7, 11) is 3.15. The molecule has 1 fully saturated rings. The number of carbonyl (C=O) groups excluding carboxylic acids is 1. The van der Waals surface area contributed by atoms with Gasteiger partial charge < -0.3 is 20.1 Å². The summed E-state index contributed by atoms with van der Waals surface area (Å²) in [5, 5.41) is 0. The molecule has 0 saturated carbocycles. The highest BCUT2D eigenvalue weighted by Gasteiger charge is 2.33. The Bertz CT molecular complexity index is 490. The molecule has 2 atom stereocenters. The van der Waals surface area contributed by atoms with Gasteiger partial charge in [0.25, 0.3) is 5.91 Å². The van der Waals surface area contributed by atoms with Crippen LogP contribution in [0.3, 0.4) is 0 Å². The molecule has 1 aromatic rings. The molecule has 1 aromatic carbocycles. The minimum Gasteiger partial charge on any atom is -0.497 e. The van der Waals surface area contributed by atoms with Crippen molar-refractivity contribution in [2.24, 2.45) is 11.7 Å². The van der Waals surface area contributed by atoms with Crippen molar-refractivity contribution in [1.29, 1.82) is 0 Å².